The number of hydrogen-bond donors (Lipinski definition) is 2. The molecule has 2 N–H and O–H groups in total. The Kier molecular flexibility index (Phi) is 6.78. The molecule has 0 saturated carbocycles. The van der Waals surface area contributed by atoms with Crippen LogP contribution in [-0.2, 0) is 16.1 Å². The highest BCUT2D eigenvalue weighted by Gasteiger charge is 2.39. The van der Waals surface area contributed by atoms with E-state index in [0.717, 1.165) is 17.9 Å². The predicted molar refractivity (Wildman–Crippen MR) is 95.1 cm³/mol. The summed E-state index contributed by atoms with van der Waals surface area (Å²) < 4.78 is 0. The highest BCUT2D eigenvalue weighted by molar-refractivity contribution is 6.31. The third-order valence-electron chi connectivity index (χ3n) is 3.89. The second kappa shape index (κ2) is 8.82. The van der Waals surface area contributed by atoms with Crippen LogP contribution in [0.4, 0.5) is 4.79 Å². The van der Waals surface area contributed by atoms with E-state index < -0.39 is 18.0 Å². The van der Waals surface area contributed by atoms with Crippen LogP contribution in [0.2, 0.25) is 5.02 Å². The van der Waals surface area contributed by atoms with Gasteiger partial charge in [-0.15, -0.1) is 0 Å². The Labute approximate surface area is 152 Å². The Morgan fingerprint density at radius 3 is 2.72 bits per heavy atom. The molecule has 1 aromatic rings. The van der Waals surface area contributed by atoms with Crippen LogP contribution in [0.15, 0.2) is 24.3 Å². The summed E-state index contributed by atoms with van der Waals surface area (Å²) in [5.41, 5.74) is 0.682. The third kappa shape index (κ3) is 5.44. The van der Waals surface area contributed by atoms with Crippen molar-refractivity contribution in [3.8, 4) is 0 Å². The van der Waals surface area contributed by atoms with Crippen molar-refractivity contribution in [1.29, 1.82) is 0 Å². The molecular formula is C17H23ClN4O3. The summed E-state index contributed by atoms with van der Waals surface area (Å²) >= 11 is 6.07. The number of carbonyl (C=O) groups excluding carboxylic acids is 3. The zero-order chi connectivity index (χ0) is 18.4. The largest absolute Gasteiger partial charge is 0.356 e. The number of amides is 4. The summed E-state index contributed by atoms with van der Waals surface area (Å²) in [5, 5.41) is 5.81. The van der Waals surface area contributed by atoms with Crippen LogP contribution in [-0.4, -0.2) is 60.9 Å². The number of nitrogens with one attached hydrogen (secondary N) is 2. The Hall–Kier alpha value is -2.12. The van der Waals surface area contributed by atoms with Gasteiger partial charge in [-0.1, -0.05) is 29.8 Å². The smallest absolute Gasteiger partial charge is 0.325 e. The summed E-state index contributed by atoms with van der Waals surface area (Å²) in [6, 6.07) is 5.69. The zero-order valence-corrected chi connectivity index (χ0v) is 15.2. The van der Waals surface area contributed by atoms with E-state index >= 15 is 0 Å². The van der Waals surface area contributed by atoms with Crippen molar-refractivity contribution < 1.29 is 14.4 Å². The Bertz CT molecular complexity index is 651. The molecule has 0 aromatic heterocycles. The maximum absolute atomic E-state index is 12.4. The van der Waals surface area contributed by atoms with Crippen molar-refractivity contribution in [2.75, 3.05) is 27.2 Å². The lowest BCUT2D eigenvalue weighted by Crippen LogP contribution is -2.37. The number of hydrogen-bond acceptors (Lipinski definition) is 4. The highest BCUT2D eigenvalue weighted by atomic mass is 35.5. The van der Waals surface area contributed by atoms with Crippen LogP contribution in [0.1, 0.15) is 18.4 Å². The van der Waals surface area contributed by atoms with E-state index in [0.29, 0.717) is 17.1 Å². The number of imide groups is 1. The maximum atomic E-state index is 12.4. The SMILES string of the molecule is CN(C)CCCNC(=O)C[C@H]1NC(=O)N(Cc2ccccc2Cl)C1=O. The molecule has 2 rings (SSSR count). The number of nitrogens with zero attached hydrogens (tertiary/aromatic N) is 2. The molecule has 0 radical (unpaired) electrons. The molecule has 8 heteroatoms. The Morgan fingerprint density at radius 2 is 2.04 bits per heavy atom. The van der Waals surface area contributed by atoms with E-state index in [1.54, 1.807) is 24.3 Å². The summed E-state index contributed by atoms with van der Waals surface area (Å²) in [4.78, 5) is 39.5. The van der Waals surface area contributed by atoms with Crippen molar-refractivity contribution in [2.24, 2.45) is 0 Å². The second-order valence-electron chi connectivity index (χ2n) is 6.23. The Balaban J connectivity index is 1.86. The second-order valence-corrected chi connectivity index (χ2v) is 6.64. The van der Waals surface area contributed by atoms with Gasteiger partial charge in [0, 0.05) is 11.6 Å². The van der Waals surface area contributed by atoms with Gasteiger partial charge < -0.3 is 15.5 Å². The molecule has 4 amide bonds. The predicted octanol–water partition coefficient (Wildman–Crippen LogP) is 1.22. The average molecular weight is 367 g/mol. The minimum absolute atomic E-state index is 0.0639. The van der Waals surface area contributed by atoms with Gasteiger partial charge in [0.2, 0.25) is 5.91 Å². The number of urea groups is 1. The van der Waals surface area contributed by atoms with E-state index in [9.17, 15) is 14.4 Å². The molecule has 136 valence electrons. The minimum Gasteiger partial charge on any atom is -0.356 e. The van der Waals surface area contributed by atoms with Gasteiger partial charge in [-0.05, 0) is 38.7 Å². The van der Waals surface area contributed by atoms with Crippen molar-refractivity contribution in [2.45, 2.75) is 25.4 Å². The molecule has 7 nitrogen and oxygen atoms in total. The first kappa shape index (κ1) is 19.2. The quantitative estimate of drug-likeness (QED) is 0.535. The van der Waals surface area contributed by atoms with Crippen LogP contribution >= 0.6 is 11.6 Å². The lowest BCUT2D eigenvalue weighted by atomic mass is 10.1. The van der Waals surface area contributed by atoms with Gasteiger partial charge in [0.15, 0.2) is 0 Å². The molecule has 1 aliphatic rings. The van der Waals surface area contributed by atoms with E-state index in [1.807, 2.05) is 19.0 Å². The summed E-state index contributed by atoms with van der Waals surface area (Å²) in [6.45, 7) is 1.49. The topological polar surface area (TPSA) is 81.8 Å². The number of rotatable bonds is 8. The first-order valence-electron chi connectivity index (χ1n) is 8.15. The van der Waals surface area contributed by atoms with E-state index in [2.05, 4.69) is 10.6 Å². The van der Waals surface area contributed by atoms with E-state index in [4.69, 9.17) is 11.6 Å². The molecule has 0 unspecified atom stereocenters. The fraction of sp³-hybridized carbons (Fsp3) is 0.471. The molecule has 1 aliphatic heterocycles. The lowest BCUT2D eigenvalue weighted by Gasteiger charge is -2.14. The summed E-state index contributed by atoms with van der Waals surface area (Å²) in [5.74, 6) is -0.662. The van der Waals surface area contributed by atoms with Crippen molar-refractivity contribution in [3.05, 3.63) is 34.9 Å². The molecule has 0 bridgehead atoms. The lowest BCUT2D eigenvalue weighted by molar-refractivity contribution is -0.131. The monoisotopic (exact) mass is 366 g/mol. The zero-order valence-electron chi connectivity index (χ0n) is 14.4. The van der Waals surface area contributed by atoms with E-state index in [1.165, 1.54) is 0 Å². The molecule has 1 atom stereocenters. The number of benzene rings is 1. The van der Waals surface area contributed by atoms with Crippen molar-refractivity contribution >= 4 is 29.4 Å². The number of halogens is 1. The van der Waals surface area contributed by atoms with Crippen LogP contribution in [0.25, 0.3) is 0 Å². The van der Waals surface area contributed by atoms with Gasteiger partial charge in [0.1, 0.15) is 6.04 Å². The van der Waals surface area contributed by atoms with E-state index in [-0.39, 0.29) is 18.9 Å². The van der Waals surface area contributed by atoms with Crippen LogP contribution in [0, 0.1) is 0 Å². The van der Waals surface area contributed by atoms with Gasteiger partial charge in [0.05, 0.1) is 13.0 Å². The molecule has 25 heavy (non-hydrogen) atoms. The normalized spacial score (nSPS) is 17.1. The van der Waals surface area contributed by atoms with Crippen LogP contribution in [0.3, 0.4) is 0 Å². The molecule has 0 spiro atoms. The average Bonchev–Trinajstić information content (AvgIpc) is 2.81. The standard InChI is InChI=1S/C17H23ClN4O3/c1-21(2)9-5-8-19-15(23)10-14-16(24)22(17(25)20-14)11-12-6-3-4-7-13(12)18/h3-4,6-7,14H,5,8-11H2,1-2H3,(H,19,23)(H,20,25)/t14-/m1/s1. The van der Waals surface area contributed by atoms with Gasteiger partial charge in [-0.25, -0.2) is 4.79 Å². The van der Waals surface area contributed by atoms with Gasteiger partial charge >= 0.3 is 6.03 Å². The molecule has 1 aromatic carbocycles. The van der Waals surface area contributed by atoms with Crippen LogP contribution < -0.4 is 10.6 Å². The molecule has 1 fully saturated rings. The van der Waals surface area contributed by atoms with Gasteiger partial charge in [0.25, 0.3) is 5.91 Å². The Morgan fingerprint density at radius 1 is 1.32 bits per heavy atom. The van der Waals surface area contributed by atoms with Gasteiger partial charge in [-0.3, -0.25) is 14.5 Å². The van der Waals surface area contributed by atoms with Crippen LogP contribution in [0.5, 0.6) is 0 Å². The molecule has 1 heterocycles. The molecule has 0 aliphatic carbocycles. The minimum atomic E-state index is -0.830. The number of carbonyl (C=O) groups is 3. The van der Waals surface area contributed by atoms with Crippen molar-refractivity contribution in [3.63, 3.8) is 0 Å². The fourth-order valence-corrected chi connectivity index (χ4v) is 2.74. The third-order valence-corrected chi connectivity index (χ3v) is 4.26. The first-order chi connectivity index (χ1) is 11.9. The molecule has 1 saturated heterocycles. The van der Waals surface area contributed by atoms with Gasteiger partial charge in [-0.2, -0.15) is 0 Å². The molecular weight excluding hydrogens is 344 g/mol. The fourth-order valence-electron chi connectivity index (χ4n) is 2.54. The highest BCUT2D eigenvalue weighted by Crippen LogP contribution is 2.20. The van der Waals surface area contributed by atoms with Crippen molar-refractivity contribution in [1.82, 2.24) is 20.4 Å². The summed E-state index contributed by atoms with van der Waals surface area (Å²) in [6.07, 6.45) is 0.758. The summed E-state index contributed by atoms with van der Waals surface area (Å²) in [7, 11) is 3.92. The maximum Gasteiger partial charge on any atom is 0.325 e. The first-order valence-corrected chi connectivity index (χ1v) is 8.53.